The Morgan fingerprint density at radius 1 is 1.36 bits per heavy atom. The quantitative estimate of drug-likeness (QED) is 0.242. The van der Waals surface area contributed by atoms with Crippen molar-refractivity contribution in [3.8, 4) is 0 Å². The van der Waals surface area contributed by atoms with Gasteiger partial charge in [0.15, 0.2) is 0 Å². The molecule has 0 rings (SSSR count). The van der Waals surface area contributed by atoms with Crippen LogP contribution in [0.2, 0.25) is 25.7 Å². The summed E-state index contributed by atoms with van der Waals surface area (Å²) in [5.74, 6) is -0.407. The van der Waals surface area contributed by atoms with Gasteiger partial charge < -0.3 is 15.5 Å². The summed E-state index contributed by atoms with van der Waals surface area (Å²) in [5, 5.41) is 0. The van der Waals surface area contributed by atoms with E-state index in [1.165, 1.54) is 13.3 Å². The lowest BCUT2D eigenvalue weighted by atomic mass is 10.1. The summed E-state index contributed by atoms with van der Waals surface area (Å²) < 4.78 is 31.1. The molecular formula is C16H31N3O4SSi. The van der Waals surface area contributed by atoms with Crippen LogP contribution in [-0.4, -0.2) is 54.6 Å². The van der Waals surface area contributed by atoms with Gasteiger partial charge >= 0.3 is 5.97 Å². The summed E-state index contributed by atoms with van der Waals surface area (Å²) in [7, 11) is -1.85. The Labute approximate surface area is 152 Å². The number of carbonyl (C=O) groups excluding carboxylic acids is 1. The van der Waals surface area contributed by atoms with Crippen molar-refractivity contribution in [2.24, 2.45) is 10.7 Å². The van der Waals surface area contributed by atoms with Crippen LogP contribution in [0.3, 0.4) is 0 Å². The Morgan fingerprint density at radius 2 is 2.00 bits per heavy atom. The highest BCUT2D eigenvalue weighted by atomic mass is 32.2. The van der Waals surface area contributed by atoms with Gasteiger partial charge in [-0.2, -0.15) is 0 Å². The van der Waals surface area contributed by atoms with Gasteiger partial charge in [-0.25, -0.2) is 8.42 Å². The van der Waals surface area contributed by atoms with Crippen molar-refractivity contribution in [2.75, 3.05) is 19.9 Å². The molecule has 0 aromatic carbocycles. The molecule has 0 aliphatic heterocycles. The molecule has 0 amide bonds. The molecule has 0 heterocycles. The first-order chi connectivity index (χ1) is 11.5. The first kappa shape index (κ1) is 23.5. The maximum Gasteiger partial charge on any atom is 0.322 e. The third-order valence-electron chi connectivity index (χ3n) is 3.29. The Kier molecular flexibility index (Phi) is 10.6. The third-order valence-corrected chi connectivity index (χ3v) is 6.64. The van der Waals surface area contributed by atoms with Gasteiger partial charge in [-0.1, -0.05) is 25.7 Å². The fourth-order valence-electron chi connectivity index (χ4n) is 1.76. The van der Waals surface area contributed by atoms with Crippen LogP contribution in [0.5, 0.6) is 0 Å². The third kappa shape index (κ3) is 12.5. The number of carbonyl (C=O) groups is 1. The van der Waals surface area contributed by atoms with Gasteiger partial charge in [-0.15, -0.1) is 0 Å². The zero-order valence-corrected chi connectivity index (χ0v) is 17.6. The van der Waals surface area contributed by atoms with E-state index < -0.39 is 30.1 Å². The normalized spacial score (nSPS) is 14.9. The van der Waals surface area contributed by atoms with Crippen LogP contribution in [-0.2, 0) is 19.6 Å². The molecule has 1 atom stereocenters. The van der Waals surface area contributed by atoms with Crippen molar-refractivity contribution in [3.63, 3.8) is 0 Å². The van der Waals surface area contributed by atoms with Gasteiger partial charge in [0.1, 0.15) is 6.04 Å². The molecule has 144 valence electrons. The second-order valence-corrected chi connectivity index (χ2v) is 14.4. The molecule has 0 aromatic heterocycles. The standard InChI is InChI=1S/C16H31N3O4SSi/c1-18-9-6-7-14(13-15(17)16(20)23-2)8-10-19-24(21,22)11-12-25(3,4)5/h7-10,15,19H,6,11-13,17H2,1-5H3/b10-8-,14-7+,18-9-/t15-/m1/s1. The zero-order chi connectivity index (χ0) is 19.5. The highest BCUT2D eigenvalue weighted by molar-refractivity contribution is 7.89. The lowest BCUT2D eigenvalue weighted by Crippen LogP contribution is -2.31. The van der Waals surface area contributed by atoms with Crippen LogP contribution >= 0.6 is 0 Å². The van der Waals surface area contributed by atoms with Crippen LogP contribution in [0.1, 0.15) is 12.8 Å². The van der Waals surface area contributed by atoms with E-state index >= 15 is 0 Å². The number of methoxy groups -OCH3 is 1. The molecule has 0 radical (unpaired) electrons. The highest BCUT2D eigenvalue weighted by Crippen LogP contribution is 2.10. The zero-order valence-electron chi connectivity index (χ0n) is 15.8. The summed E-state index contributed by atoms with van der Waals surface area (Å²) >= 11 is 0. The molecule has 0 saturated heterocycles. The summed E-state index contributed by atoms with van der Waals surface area (Å²) in [6, 6.07) is -0.109. The first-order valence-electron chi connectivity index (χ1n) is 8.10. The predicted octanol–water partition coefficient (Wildman–Crippen LogP) is 1.67. The van der Waals surface area contributed by atoms with E-state index in [1.807, 2.05) is 6.08 Å². The SMILES string of the molecule is C/N=C\C/C=C(\C=C/NS(=O)(=O)CC[Si](C)(C)C)C[C@@H](N)C(=O)OC. The number of hydrogen-bond donors (Lipinski definition) is 2. The Balaban J connectivity index is 4.91. The first-order valence-corrected chi connectivity index (χ1v) is 13.5. The summed E-state index contributed by atoms with van der Waals surface area (Å²) in [6.45, 7) is 6.38. The number of rotatable bonds is 11. The van der Waals surface area contributed by atoms with Crippen LogP contribution in [0.25, 0.3) is 0 Å². The number of nitrogens with one attached hydrogen (secondary N) is 1. The average molecular weight is 390 g/mol. The molecule has 3 N–H and O–H groups in total. The van der Waals surface area contributed by atoms with Gasteiger partial charge in [0.25, 0.3) is 0 Å². The minimum absolute atomic E-state index is 0.107. The van der Waals surface area contributed by atoms with Crippen LogP contribution in [0.4, 0.5) is 0 Å². The van der Waals surface area contributed by atoms with Gasteiger partial charge in [0.2, 0.25) is 10.0 Å². The maximum absolute atomic E-state index is 12.0. The van der Waals surface area contributed by atoms with Gasteiger partial charge in [0, 0.05) is 34.0 Å². The fourth-order valence-corrected chi connectivity index (χ4v) is 5.68. The highest BCUT2D eigenvalue weighted by Gasteiger charge is 2.18. The molecule has 25 heavy (non-hydrogen) atoms. The second-order valence-electron chi connectivity index (χ2n) is 6.87. The molecule has 0 saturated carbocycles. The van der Waals surface area contributed by atoms with Gasteiger partial charge in [-0.05, 0) is 24.1 Å². The maximum atomic E-state index is 12.0. The second kappa shape index (κ2) is 11.2. The molecule has 0 aliphatic rings. The lowest BCUT2D eigenvalue weighted by Gasteiger charge is -2.15. The predicted molar refractivity (Wildman–Crippen MR) is 106 cm³/mol. The van der Waals surface area contributed by atoms with Crippen molar-refractivity contribution >= 4 is 30.3 Å². The van der Waals surface area contributed by atoms with E-state index in [0.29, 0.717) is 12.5 Å². The molecule has 0 fully saturated rings. The van der Waals surface area contributed by atoms with Gasteiger partial charge in [0.05, 0.1) is 12.9 Å². The summed E-state index contributed by atoms with van der Waals surface area (Å²) in [4.78, 5) is 15.3. The van der Waals surface area contributed by atoms with E-state index in [4.69, 9.17) is 5.73 Å². The van der Waals surface area contributed by atoms with Crippen LogP contribution in [0, 0.1) is 0 Å². The van der Waals surface area contributed by atoms with E-state index in [2.05, 4.69) is 34.1 Å². The van der Waals surface area contributed by atoms with Gasteiger partial charge in [-0.3, -0.25) is 9.52 Å². The number of aliphatic imine (C=N–C) groups is 1. The number of nitrogens with zero attached hydrogens (tertiary/aromatic N) is 1. The Hall–Kier alpha value is -1.45. The van der Waals surface area contributed by atoms with E-state index in [1.54, 1.807) is 19.3 Å². The summed E-state index contributed by atoms with van der Waals surface area (Å²) in [5.41, 5.74) is 6.50. The van der Waals surface area contributed by atoms with Crippen molar-refractivity contribution in [1.82, 2.24) is 4.72 Å². The smallest absolute Gasteiger partial charge is 0.322 e. The molecule has 9 heteroatoms. The molecule has 0 bridgehead atoms. The fraction of sp³-hybridized carbons (Fsp3) is 0.625. The average Bonchev–Trinajstić information content (AvgIpc) is 2.51. The Morgan fingerprint density at radius 3 is 2.52 bits per heavy atom. The van der Waals surface area contributed by atoms with E-state index in [-0.39, 0.29) is 12.2 Å². The monoisotopic (exact) mass is 389 g/mol. The topological polar surface area (TPSA) is 111 Å². The van der Waals surface area contributed by atoms with Crippen molar-refractivity contribution in [2.45, 2.75) is 44.6 Å². The number of hydrogen-bond acceptors (Lipinski definition) is 6. The number of ether oxygens (including phenoxy) is 1. The minimum Gasteiger partial charge on any atom is -0.468 e. The van der Waals surface area contributed by atoms with Crippen LogP contribution in [0.15, 0.2) is 28.9 Å². The molecule has 0 spiro atoms. The molecule has 0 aromatic rings. The van der Waals surface area contributed by atoms with Crippen LogP contribution < -0.4 is 10.5 Å². The number of sulfonamides is 1. The lowest BCUT2D eigenvalue weighted by molar-refractivity contribution is -0.142. The van der Waals surface area contributed by atoms with Crippen molar-refractivity contribution < 1.29 is 17.9 Å². The molecule has 7 nitrogen and oxygen atoms in total. The largest absolute Gasteiger partial charge is 0.468 e. The van der Waals surface area contributed by atoms with E-state index in [0.717, 1.165) is 5.57 Å². The van der Waals surface area contributed by atoms with Crippen molar-refractivity contribution in [3.05, 3.63) is 23.9 Å². The Bertz CT molecular complexity index is 607. The molecule has 0 unspecified atom stereocenters. The van der Waals surface area contributed by atoms with E-state index in [9.17, 15) is 13.2 Å². The molecule has 0 aliphatic carbocycles. The number of allylic oxidation sites excluding steroid dienone is 2. The number of esters is 1. The molecular weight excluding hydrogens is 358 g/mol. The summed E-state index contributed by atoms with van der Waals surface area (Å²) in [6.07, 6.45) is 7.33. The van der Waals surface area contributed by atoms with Crippen molar-refractivity contribution in [1.29, 1.82) is 0 Å². The number of nitrogens with two attached hydrogens (primary N) is 1. The minimum atomic E-state index is -3.36.